The van der Waals surface area contributed by atoms with Gasteiger partial charge in [-0.3, -0.25) is 4.79 Å². The standard InChI is InChI=1S/C16H23ClO4/c1-5-19-15(18)11-10-14(20-21-16(2,3)4)12-6-8-13(17)9-7-12/h6-9,14H,5,10-11H2,1-4H3. The summed E-state index contributed by atoms with van der Waals surface area (Å²) in [5.74, 6) is -0.240. The summed E-state index contributed by atoms with van der Waals surface area (Å²) in [4.78, 5) is 22.4. The maximum Gasteiger partial charge on any atom is 0.305 e. The van der Waals surface area contributed by atoms with Crippen LogP contribution in [-0.4, -0.2) is 18.2 Å². The van der Waals surface area contributed by atoms with Gasteiger partial charge in [0.15, 0.2) is 0 Å². The van der Waals surface area contributed by atoms with Gasteiger partial charge in [-0.25, -0.2) is 9.78 Å². The van der Waals surface area contributed by atoms with E-state index >= 15 is 0 Å². The summed E-state index contributed by atoms with van der Waals surface area (Å²) < 4.78 is 4.94. The molecule has 0 fully saturated rings. The molecule has 0 saturated heterocycles. The third-order valence-corrected chi connectivity index (χ3v) is 2.82. The van der Waals surface area contributed by atoms with E-state index in [0.717, 1.165) is 5.56 Å². The summed E-state index contributed by atoms with van der Waals surface area (Å²) in [5, 5.41) is 0.652. The van der Waals surface area contributed by atoms with E-state index < -0.39 is 5.60 Å². The quantitative estimate of drug-likeness (QED) is 0.423. The van der Waals surface area contributed by atoms with Crippen LogP contribution in [0, 0.1) is 0 Å². The van der Waals surface area contributed by atoms with Crippen LogP contribution in [0.5, 0.6) is 0 Å². The topological polar surface area (TPSA) is 44.8 Å². The van der Waals surface area contributed by atoms with Crippen molar-refractivity contribution in [1.82, 2.24) is 0 Å². The molecule has 4 nitrogen and oxygen atoms in total. The van der Waals surface area contributed by atoms with Crippen LogP contribution in [0.4, 0.5) is 0 Å². The van der Waals surface area contributed by atoms with Crippen LogP contribution in [-0.2, 0) is 19.3 Å². The van der Waals surface area contributed by atoms with Gasteiger partial charge in [-0.15, -0.1) is 0 Å². The molecule has 0 spiro atoms. The minimum absolute atomic E-state index is 0.240. The van der Waals surface area contributed by atoms with Gasteiger partial charge in [-0.1, -0.05) is 23.7 Å². The lowest BCUT2D eigenvalue weighted by Crippen LogP contribution is -2.21. The number of rotatable bonds is 7. The molecule has 0 bridgehead atoms. The number of hydrogen-bond donors (Lipinski definition) is 0. The fraction of sp³-hybridized carbons (Fsp3) is 0.562. The molecule has 0 aromatic heterocycles. The fourth-order valence-electron chi connectivity index (χ4n) is 1.63. The summed E-state index contributed by atoms with van der Waals surface area (Å²) in [5.41, 5.74) is 0.488. The van der Waals surface area contributed by atoms with Crippen LogP contribution < -0.4 is 0 Å². The highest BCUT2D eigenvalue weighted by molar-refractivity contribution is 6.30. The van der Waals surface area contributed by atoms with Gasteiger partial charge in [-0.2, -0.15) is 0 Å². The van der Waals surface area contributed by atoms with Crippen LogP contribution in [0.1, 0.15) is 52.2 Å². The largest absolute Gasteiger partial charge is 0.466 e. The Morgan fingerprint density at radius 2 is 1.86 bits per heavy atom. The number of esters is 1. The molecule has 1 unspecified atom stereocenters. The average Bonchev–Trinajstić information content (AvgIpc) is 2.39. The second-order valence-electron chi connectivity index (χ2n) is 5.68. The van der Waals surface area contributed by atoms with Crippen molar-refractivity contribution in [2.24, 2.45) is 0 Å². The van der Waals surface area contributed by atoms with Gasteiger partial charge in [-0.05, 0) is 51.8 Å². The van der Waals surface area contributed by atoms with Gasteiger partial charge in [0.2, 0.25) is 0 Å². The molecule has 0 radical (unpaired) electrons. The maximum atomic E-state index is 11.5. The summed E-state index contributed by atoms with van der Waals surface area (Å²) in [7, 11) is 0. The van der Waals surface area contributed by atoms with Gasteiger partial charge in [0.1, 0.15) is 6.10 Å². The first-order chi connectivity index (χ1) is 9.81. The molecule has 1 rings (SSSR count). The van der Waals surface area contributed by atoms with Crippen LogP contribution in [0.3, 0.4) is 0 Å². The first kappa shape index (κ1) is 18.0. The summed E-state index contributed by atoms with van der Waals surface area (Å²) in [6, 6.07) is 7.30. The Hall–Kier alpha value is -1.10. The van der Waals surface area contributed by atoms with E-state index in [1.54, 1.807) is 19.1 Å². The Morgan fingerprint density at radius 3 is 2.38 bits per heavy atom. The summed E-state index contributed by atoms with van der Waals surface area (Å²) in [6.45, 7) is 7.86. The summed E-state index contributed by atoms with van der Waals surface area (Å²) in [6.07, 6.45) is 0.413. The van der Waals surface area contributed by atoms with Crippen LogP contribution in [0.15, 0.2) is 24.3 Å². The van der Waals surface area contributed by atoms with Crippen molar-refractivity contribution in [2.45, 2.75) is 52.2 Å². The SMILES string of the molecule is CCOC(=O)CCC(OOC(C)(C)C)c1ccc(Cl)cc1. The number of halogens is 1. The Kier molecular flexibility index (Phi) is 7.15. The number of benzene rings is 1. The molecule has 1 atom stereocenters. The smallest absolute Gasteiger partial charge is 0.305 e. The van der Waals surface area contributed by atoms with Crippen molar-refractivity contribution in [3.8, 4) is 0 Å². The van der Waals surface area contributed by atoms with Gasteiger partial charge < -0.3 is 4.74 Å². The van der Waals surface area contributed by atoms with E-state index in [9.17, 15) is 4.79 Å². The highest BCUT2D eigenvalue weighted by Gasteiger charge is 2.20. The van der Waals surface area contributed by atoms with Crippen molar-refractivity contribution in [3.63, 3.8) is 0 Å². The molecule has 5 heteroatoms. The van der Waals surface area contributed by atoms with E-state index in [1.807, 2.05) is 32.9 Å². The zero-order valence-corrected chi connectivity index (χ0v) is 13.8. The minimum atomic E-state index is -0.422. The van der Waals surface area contributed by atoms with Crippen molar-refractivity contribution in [3.05, 3.63) is 34.9 Å². The monoisotopic (exact) mass is 314 g/mol. The van der Waals surface area contributed by atoms with E-state index in [4.69, 9.17) is 26.1 Å². The van der Waals surface area contributed by atoms with Gasteiger partial charge >= 0.3 is 5.97 Å². The second kappa shape index (κ2) is 8.37. The maximum absolute atomic E-state index is 11.5. The van der Waals surface area contributed by atoms with Crippen LogP contribution in [0.25, 0.3) is 0 Å². The third kappa shape index (κ3) is 7.46. The lowest BCUT2D eigenvalue weighted by atomic mass is 10.1. The molecule has 0 aliphatic rings. The van der Waals surface area contributed by atoms with Gasteiger partial charge in [0, 0.05) is 11.4 Å². The Balaban J connectivity index is 2.69. The molecular formula is C16H23ClO4. The van der Waals surface area contributed by atoms with Crippen LogP contribution >= 0.6 is 11.6 Å². The number of carbonyl (C=O) groups excluding carboxylic acids is 1. The van der Waals surface area contributed by atoms with E-state index in [-0.39, 0.29) is 18.5 Å². The van der Waals surface area contributed by atoms with Crippen LogP contribution in [0.2, 0.25) is 5.02 Å². The van der Waals surface area contributed by atoms with Crippen molar-refractivity contribution in [2.75, 3.05) is 6.61 Å². The zero-order chi connectivity index (χ0) is 15.9. The van der Waals surface area contributed by atoms with Crippen molar-refractivity contribution < 1.29 is 19.3 Å². The van der Waals surface area contributed by atoms with E-state index in [2.05, 4.69) is 0 Å². The fourth-order valence-corrected chi connectivity index (χ4v) is 1.76. The number of carbonyl (C=O) groups is 1. The average molecular weight is 315 g/mol. The number of hydrogen-bond acceptors (Lipinski definition) is 4. The normalized spacial score (nSPS) is 13.0. The molecule has 21 heavy (non-hydrogen) atoms. The first-order valence-corrected chi connectivity index (χ1v) is 7.45. The molecule has 118 valence electrons. The molecule has 0 aliphatic carbocycles. The van der Waals surface area contributed by atoms with Gasteiger partial charge in [0.25, 0.3) is 0 Å². The van der Waals surface area contributed by atoms with Crippen molar-refractivity contribution in [1.29, 1.82) is 0 Å². The molecule has 0 amide bonds. The molecule has 0 aliphatic heterocycles. The molecule has 0 saturated carbocycles. The second-order valence-corrected chi connectivity index (χ2v) is 6.11. The number of ether oxygens (including phenoxy) is 1. The zero-order valence-electron chi connectivity index (χ0n) is 13.0. The Morgan fingerprint density at radius 1 is 1.24 bits per heavy atom. The first-order valence-electron chi connectivity index (χ1n) is 7.07. The third-order valence-electron chi connectivity index (χ3n) is 2.57. The molecule has 1 aromatic rings. The molecule has 1 aromatic carbocycles. The van der Waals surface area contributed by atoms with Crippen molar-refractivity contribution >= 4 is 17.6 Å². The molecule has 0 N–H and O–H groups in total. The summed E-state index contributed by atoms with van der Waals surface area (Å²) >= 11 is 5.89. The predicted molar refractivity (Wildman–Crippen MR) is 82.0 cm³/mol. The van der Waals surface area contributed by atoms with E-state index in [0.29, 0.717) is 18.1 Å². The molecular weight excluding hydrogens is 292 g/mol. The Bertz CT molecular complexity index is 437. The van der Waals surface area contributed by atoms with E-state index in [1.165, 1.54) is 0 Å². The lowest BCUT2D eigenvalue weighted by Gasteiger charge is -2.23. The predicted octanol–water partition coefficient (Wildman–Crippen LogP) is 4.47. The highest BCUT2D eigenvalue weighted by Crippen LogP contribution is 2.26. The highest BCUT2D eigenvalue weighted by atomic mass is 35.5. The van der Waals surface area contributed by atoms with Gasteiger partial charge in [0.05, 0.1) is 12.2 Å². The lowest BCUT2D eigenvalue weighted by molar-refractivity contribution is -0.376. The molecule has 0 heterocycles. The Labute approximate surface area is 131 Å². The minimum Gasteiger partial charge on any atom is -0.466 e.